The lowest BCUT2D eigenvalue weighted by Gasteiger charge is -2.26. The molecule has 2 N–H and O–H groups in total. The van der Waals surface area contributed by atoms with Crippen molar-refractivity contribution in [2.24, 2.45) is 0 Å². The van der Waals surface area contributed by atoms with Gasteiger partial charge in [-0.1, -0.05) is 6.92 Å². The standard InChI is InChI=1S/C12H23N3O3S/c1-2-15(11-3-5-13-7-11)8-12(16)14-10-4-6-19(17,18)9-10/h10-11,13H,2-9H2,1H3,(H,14,16). The Kier molecular flexibility index (Phi) is 4.81. The summed E-state index contributed by atoms with van der Waals surface area (Å²) in [5, 5.41) is 6.13. The summed E-state index contributed by atoms with van der Waals surface area (Å²) in [5.74, 6) is 0.230. The Morgan fingerprint density at radius 1 is 1.42 bits per heavy atom. The van der Waals surface area contributed by atoms with Crippen LogP contribution in [0.2, 0.25) is 0 Å². The van der Waals surface area contributed by atoms with Gasteiger partial charge in [-0.3, -0.25) is 9.69 Å². The molecule has 2 atom stereocenters. The Morgan fingerprint density at radius 3 is 2.74 bits per heavy atom. The molecule has 2 heterocycles. The fourth-order valence-electron chi connectivity index (χ4n) is 2.82. The minimum absolute atomic E-state index is 0.0594. The highest BCUT2D eigenvalue weighted by Crippen LogP contribution is 2.12. The molecule has 2 aliphatic rings. The van der Waals surface area contributed by atoms with Gasteiger partial charge in [-0.25, -0.2) is 8.42 Å². The molecule has 19 heavy (non-hydrogen) atoms. The molecule has 0 aliphatic carbocycles. The van der Waals surface area contributed by atoms with Gasteiger partial charge in [0.2, 0.25) is 5.91 Å². The van der Waals surface area contributed by atoms with E-state index in [9.17, 15) is 13.2 Å². The van der Waals surface area contributed by atoms with Crippen molar-refractivity contribution in [3.8, 4) is 0 Å². The predicted molar refractivity (Wildman–Crippen MR) is 73.7 cm³/mol. The number of sulfone groups is 1. The minimum Gasteiger partial charge on any atom is -0.351 e. The second-order valence-corrected chi connectivity index (χ2v) is 7.61. The van der Waals surface area contributed by atoms with E-state index in [-0.39, 0.29) is 23.5 Å². The summed E-state index contributed by atoms with van der Waals surface area (Å²) in [6, 6.07) is 0.223. The molecular weight excluding hydrogens is 266 g/mol. The monoisotopic (exact) mass is 289 g/mol. The maximum Gasteiger partial charge on any atom is 0.234 e. The molecule has 0 aromatic heterocycles. The topological polar surface area (TPSA) is 78.5 Å². The highest BCUT2D eigenvalue weighted by molar-refractivity contribution is 7.91. The van der Waals surface area contributed by atoms with E-state index in [4.69, 9.17) is 0 Å². The first-order valence-electron chi connectivity index (χ1n) is 6.94. The van der Waals surface area contributed by atoms with Crippen molar-refractivity contribution in [3.63, 3.8) is 0 Å². The number of nitrogens with one attached hydrogen (secondary N) is 2. The molecule has 0 aromatic carbocycles. The summed E-state index contributed by atoms with van der Waals surface area (Å²) in [7, 11) is -2.93. The lowest BCUT2D eigenvalue weighted by molar-refractivity contribution is -0.123. The van der Waals surface area contributed by atoms with Crippen LogP contribution in [0.3, 0.4) is 0 Å². The number of likely N-dealkylation sites (N-methyl/N-ethyl adjacent to an activating group) is 1. The molecule has 2 saturated heterocycles. The van der Waals surface area contributed by atoms with Crippen LogP contribution >= 0.6 is 0 Å². The molecule has 0 bridgehead atoms. The zero-order valence-corrected chi connectivity index (χ0v) is 12.2. The molecule has 110 valence electrons. The van der Waals surface area contributed by atoms with E-state index in [1.54, 1.807) is 0 Å². The van der Waals surface area contributed by atoms with Crippen LogP contribution in [0.4, 0.5) is 0 Å². The third-order valence-electron chi connectivity index (χ3n) is 3.90. The fraction of sp³-hybridized carbons (Fsp3) is 0.917. The molecule has 2 unspecified atom stereocenters. The van der Waals surface area contributed by atoms with Gasteiger partial charge in [0.1, 0.15) is 0 Å². The highest BCUT2D eigenvalue weighted by Gasteiger charge is 2.30. The Labute approximate surface area is 114 Å². The van der Waals surface area contributed by atoms with Crippen LogP contribution in [0.5, 0.6) is 0 Å². The zero-order valence-electron chi connectivity index (χ0n) is 11.4. The quantitative estimate of drug-likeness (QED) is 0.677. The number of hydrogen-bond acceptors (Lipinski definition) is 5. The van der Waals surface area contributed by atoms with E-state index >= 15 is 0 Å². The largest absolute Gasteiger partial charge is 0.351 e. The van der Waals surface area contributed by atoms with Crippen LogP contribution in [0.1, 0.15) is 19.8 Å². The Bertz CT molecular complexity index is 418. The molecular formula is C12H23N3O3S. The lowest BCUT2D eigenvalue weighted by atomic mass is 10.2. The maximum atomic E-state index is 12.0. The Balaban J connectivity index is 1.80. The van der Waals surface area contributed by atoms with Crippen LogP contribution in [0, 0.1) is 0 Å². The van der Waals surface area contributed by atoms with Gasteiger partial charge in [0.25, 0.3) is 0 Å². The van der Waals surface area contributed by atoms with Crippen LogP contribution in [-0.4, -0.2) is 69.0 Å². The van der Waals surface area contributed by atoms with Crippen molar-refractivity contribution in [2.75, 3.05) is 37.7 Å². The third-order valence-corrected chi connectivity index (χ3v) is 5.67. The Hall–Kier alpha value is -0.660. The number of rotatable bonds is 5. The average Bonchev–Trinajstić information content (AvgIpc) is 2.96. The molecule has 7 heteroatoms. The zero-order chi connectivity index (χ0) is 13.9. The van der Waals surface area contributed by atoms with Gasteiger partial charge in [-0.05, 0) is 25.9 Å². The van der Waals surface area contributed by atoms with Gasteiger partial charge in [0.15, 0.2) is 9.84 Å². The number of amides is 1. The van der Waals surface area contributed by atoms with Crippen molar-refractivity contribution in [1.82, 2.24) is 15.5 Å². The third kappa shape index (κ3) is 4.15. The van der Waals surface area contributed by atoms with Crippen molar-refractivity contribution in [1.29, 1.82) is 0 Å². The van der Waals surface area contributed by atoms with E-state index in [1.807, 2.05) is 6.92 Å². The lowest BCUT2D eigenvalue weighted by Crippen LogP contribution is -2.46. The molecule has 0 saturated carbocycles. The smallest absolute Gasteiger partial charge is 0.234 e. The molecule has 0 spiro atoms. The molecule has 0 aromatic rings. The van der Waals surface area contributed by atoms with Gasteiger partial charge >= 0.3 is 0 Å². The highest BCUT2D eigenvalue weighted by atomic mass is 32.2. The van der Waals surface area contributed by atoms with Gasteiger partial charge in [-0.15, -0.1) is 0 Å². The van der Waals surface area contributed by atoms with Gasteiger partial charge in [0.05, 0.1) is 18.1 Å². The van der Waals surface area contributed by atoms with E-state index in [1.165, 1.54) is 0 Å². The predicted octanol–water partition coefficient (Wildman–Crippen LogP) is -1.03. The minimum atomic E-state index is -2.93. The fourth-order valence-corrected chi connectivity index (χ4v) is 4.49. The van der Waals surface area contributed by atoms with Gasteiger partial charge in [0, 0.05) is 18.6 Å². The number of hydrogen-bond donors (Lipinski definition) is 2. The summed E-state index contributed by atoms with van der Waals surface area (Å²) in [6.45, 7) is 5.18. The summed E-state index contributed by atoms with van der Waals surface area (Å²) in [4.78, 5) is 14.1. The van der Waals surface area contributed by atoms with Gasteiger partial charge < -0.3 is 10.6 Å². The normalized spacial score (nSPS) is 29.8. The summed E-state index contributed by atoms with van der Waals surface area (Å²) < 4.78 is 22.7. The van der Waals surface area contributed by atoms with Crippen LogP contribution in [-0.2, 0) is 14.6 Å². The summed E-state index contributed by atoms with van der Waals surface area (Å²) in [5.41, 5.74) is 0. The van der Waals surface area contributed by atoms with E-state index < -0.39 is 9.84 Å². The summed E-state index contributed by atoms with van der Waals surface area (Å²) >= 11 is 0. The summed E-state index contributed by atoms with van der Waals surface area (Å²) in [6.07, 6.45) is 1.62. The SMILES string of the molecule is CCN(CC(=O)NC1CCS(=O)(=O)C1)C1CCNC1. The molecule has 2 rings (SSSR count). The Morgan fingerprint density at radius 2 is 2.21 bits per heavy atom. The second kappa shape index (κ2) is 6.19. The maximum absolute atomic E-state index is 12.0. The van der Waals surface area contributed by atoms with Gasteiger partial charge in [-0.2, -0.15) is 0 Å². The van der Waals surface area contributed by atoms with Crippen molar-refractivity contribution in [2.45, 2.75) is 31.8 Å². The van der Waals surface area contributed by atoms with Crippen molar-refractivity contribution < 1.29 is 13.2 Å². The molecule has 6 nitrogen and oxygen atoms in total. The first-order valence-corrected chi connectivity index (χ1v) is 8.77. The van der Waals surface area contributed by atoms with Crippen molar-refractivity contribution >= 4 is 15.7 Å². The number of carbonyl (C=O) groups excluding carboxylic acids is 1. The molecule has 1 amide bonds. The van der Waals surface area contributed by atoms with E-state index in [0.717, 1.165) is 26.1 Å². The molecule has 0 radical (unpaired) electrons. The first kappa shape index (κ1) is 14.7. The molecule has 2 aliphatic heterocycles. The number of nitrogens with zero attached hydrogens (tertiary/aromatic N) is 1. The van der Waals surface area contributed by atoms with E-state index in [2.05, 4.69) is 15.5 Å². The second-order valence-electron chi connectivity index (χ2n) is 5.38. The van der Waals surface area contributed by atoms with E-state index in [0.29, 0.717) is 19.0 Å². The molecule has 2 fully saturated rings. The van der Waals surface area contributed by atoms with Crippen LogP contribution in [0.25, 0.3) is 0 Å². The average molecular weight is 289 g/mol. The number of carbonyl (C=O) groups is 1. The van der Waals surface area contributed by atoms with Crippen LogP contribution < -0.4 is 10.6 Å². The van der Waals surface area contributed by atoms with Crippen LogP contribution in [0.15, 0.2) is 0 Å². The first-order chi connectivity index (χ1) is 9.00. The van der Waals surface area contributed by atoms with Crippen molar-refractivity contribution in [3.05, 3.63) is 0 Å².